The van der Waals surface area contributed by atoms with Crippen LogP contribution in [0.3, 0.4) is 0 Å². The second-order valence-electron chi connectivity index (χ2n) is 5.76. The monoisotopic (exact) mass is 270 g/mol. The van der Waals surface area contributed by atoms with E-state index < -0.39 is 23.3 Å². The first-order valence-corrected chi connectivity index (χ1v) is 6.58. The quantitative estimate of drug-likeness (QED) is 0.815. The fraction of sp³-hybridized carbons (Fsp3) is 0.769. The molecule has 0 spiro atoms. The summed E-state index contributed by atoms with van der Waals surface area (Å²) < 4.78 is 0. The van der Waals surface area contributed by atoms with Crippen molar-refractivity contribution in [2.24, 2.45) is 5.41 Å². The van der Waals surface area contributed by atoms with Crippen LogP contribution in [-0.2, 0) is 9.59 Å². The van der Waals surface area contributed by atoms with Crippen LogP contribution in [0.5, 0.6) is 0 Å². The van der Waals surface area contributed by atoms with Crippen LogP contribution in [0.1, 0.15) is 46.5 Å². The van der Waals surface area contributed by atoms with Gasteiger partial charge in [0.25, 0.3) is 0 Å². The van der Waals surface area contributed by atoms with Gasteiger partial charge < -0.3 is 10.0 Å². The first-order chi connectivity index (χ1) is 8.74. The van der Waals surface area contributed by atoms with Crippen LogP contribution in [0.4, 0.5) is 4.79 Å². The van der Waals surface area contributed by atoms with Crippen LogP contribution >= 0.6 is 0 Å². The fourth-order valence-electron chi connectivity index (χ4n) is 2.11. The Bertz CT molecular complexity index is 379. The molecule has 0 aliphatic carbocycles. The second kappa shape index (κ2) is 6.04. The number of hydrogen-bond acceptors (Lipinski definition) is 3. The van der Waals surface area contributed by atoms with Crippen LogP contribution in [-0.4, -0.2) is 40.5 Å². The lowest BCUT2D eigenvalue weighted by Gasteiger charge is -2.33. The number of hydrogen-bond donors (Lipinski definition) is 2. The molecule has 1 saturated heterocycles. The highest BCUT2D eigenvalue weighted by Crippen LogP contribution is 2.20. The Balaban J connectivity index is 2.52. The molecule has 6 heteroatoms. The lowest BCUT2D eigenvalue weighted by atomic mass is 9.89. The number of piperidine rings is 1. The highest BCUT2D eigenvalue weighted by atomic mass is 16.4. The summed E-state index contributed by atoms with van der Waals surface area (Å²) in [5.41, 5.74) is -1.17. The highest BCUT2D eigenvalue weighted by Gasteiger charge is 2.32. The summed E-state index contributed by atoms with van der Waals surface area (Å²) in [5, 5.41) is 11.2. The van der Waals surface area contributed by atoms with Crippen molar-refractivity contribution in [3.63, 3.8) is 0 Å². The molecular weight excluding hydrogens is 248 g/mol. The Morgan fingerprint density at radius 1 is 1.32 bits per heavy atom. The van der Waals surface area contributed by atoms with E-state index in [1.165, 1.54) is 13.8 Å². The number of likely N-dealkylation sites (tertiary alicyclic amines) is 1. The molecule has 19 heavy (non-hydrogen) atoms. The molecule has 6 nitrogen and oxygen atoms in total. The third kappa shape index (κ3) is 4.22. The molecule has 1 atom stereocenters. The molecule has 0 aromatic carbocycles. The lowest BCUT2D eigenvalue weighted by molar-refractivity contribution is -0.149. The number of carbonyl (C=O) groups is 3. The summed E-state index contributed by atoms with van der Waals surface area (Å²) in [6, 6.07) is -0.299. The van der Waals surface area contributed by atoms with Crippen molar-refractivity contribution in [2.45, 2.75) is 52.5 Å². The molecule has 0 bridgehead atoms. The van der Waals surface area contributed by atoms with Gasteiger partial charge >= 0.3 is 12.0 Å². The maximum Gasteiger partial charge on any atom is 0.324 e. The predicted octanol–water partition coefficient (Wildman–Crippen LogP) is 1.60. The van der Waals surface area contributed by atoms with Crippen LogP contribution < -0.4 is 5.32 Å². The smallest absolute Gasteiger partial charge is 0.324 e. The third-order valence-corrected chi connectivity index (χ3v) is 3.49. The standard InChI is InChI=1S/C13H22N2O4/c1-9-6-4-5-7-15(9)12(19)14-10(16)8-13(2,3)11(17)18/h9H,4-8H2,1-3H3,(H,17,18)(H,14,16,19). The topological polar surface area (TPSA) is 86.7 Å². The van der Waals surface area contributed by atoms with E-state index in [4.69, 9.17) is 5.11 Å². The van der Waals surface area contributed by atoms with Crippen LogP contribution in [0.2, 0.25) is 0 Å². The molecule has 1 rings (SSSR count). The molecule has 1 heterocycles. The summed E-state index contributed by atoms with van der Waals surface area (Å²) in [5.74, 6) is -1.60. The number of imide groups is 1. The van der Waals surface area contributed by atoms with Crippen molar-refractivity contribution in [2.75, 3.05) is 6.54 Å². The summed E-state index contributed by atoms with van der Waals surface area (Å²) in [7, 11) is 0. The zero-order chi connectivity index (χ0) is 14.6. The fourth-order valence-corrected chi connectivity index (χ4v) is 2.11. The van der Waals surface area contributed by atoms with Gasteiger partial charge in [0.05, 0.1) is 5.41 Å². The average molecular weight is 270 g/mol. The number of urea groups is 1. The SMILES string of the molecule is CC1CCCCN1C(=O)NC(=O)CC(C)(C)C(=O)O. The number of carboxylic acids is 1. The van der Waals surface area contributed by atoms with Crippen LogP contribution in [0, 0.1) is 5.41 Å². The van der Waals surface area contributed by atoms with Gasteiger partial charge in [0.2, 0.25) is 5.91 Å². The van der Waals surface area contributed by atoms with Crippen molar-refractivity contribution in [1.82, 2.24) is 10.2 Å². The van der Waals surface area contributed by atoms with E-state index in [-0.39, 0.29) is 12.5 Å². The van der Waals surface area contributed by atoms with E-state index in [1.54, 1.807) is 4.90 Å². The third-order valence-electron chi connectivity index (χ3n) is 3.49. The first-order valence-electron chi connectivity index (χ1n) is 6.58. The summed E-state index contributed by atoms with van der Waals surface area (Å²) in [6.45, 7) is 5.51. The summed E-state index contributed by atoms with van der Waals surface area (Å²) >= 11 is 0. The summed E-state index contributed by atoms with van der Waals surface area (Å²) in [6.07, 6.45) is 2.75. The van der Waals surface area contributed by atoms with Gasteiger partial charge in [-0.25, -0.2) is 4.79 Å². The Labute approximate surface area is 113 Å². The maximum atomic E-state index is 11.9. The zero-order valence-electron chi connectivity index (χ0n) is 11.7. The van der Waals surface area contributed by atoms with E-state index >= 15 is 0 Å². The lowest BCUT2D eigenvalue weighted by Crippen LogP contribution is -2.49. The molecule has 0 aromatic heterocycles. The molecule has 2 N–H and O–H groups in total. The molecule has 0 radical (unpaired) electrons. The van der Waals surface area contributed by atoms with Crippen molar-refractivity contribution in [3.05, 3.63) is 0 Å². The van der Waals surface area contributed by atoms with Crippen molar-refractivity contribution in [3.8, 4) is 0 Å². The van der Waals surface area contributed by atoms with Gasteiger partial charge in [0.15, 0.2) is 0 Å². The number of nitrogens with one attached hydrogen (secondary N) is 1. The maximum absolute atomic E-state index is 11.9. The van der Waals surface area contributed by atoms with Gasteiger partial charge in [-0.1, -0.05) is 0 Å². The van der Waals surface area contributed by atoms with Gasteiger partial charge in [-0.15, -0.1) is 0 Å². The van der Waals surface area contributed by atoms with E-state index in [0.717, 1.165) is 19.3 Å². The molecule has 1 aliphatic rings. The number of rotatable bonds is 3. The predicted molar refractivity (Wildman–Crippen MR) is 69.6 cm³/mol. The number of aliphatic carboxylic acids is 1. The van der Waals surface area contributed by atoms with E-state index in [2.05, 4.69) is 5.32 Å². The summed E-state index contributed by atoms with van der Waals surface area (Å²) in [4.78, 5) is 36.2. The number of carboxylic acid groups (broad SMARTS) is 1. The largest absolute Gasteiger partial charge is 0.481 e. The van der Waals surface area contributed by atoms with Crippen molar-refractivity contribution in [1.29, 1.82) is 0 Å². The van der Waals surface area contributed by atoms with Crippen molar-refractivity contribution >= 4 is 17.9 Å². The minimum absolute atomic E-state index is 0.119. The average Bonchev–Trinajstić information content (AvgIpc) is 2.28. The molecule has 1 aliphatic heterocycles. The van der Waals surface area contributed by atoms with Gasteiger partial charge in [-0.3, -0.25) is 14.9 Å². The molecular formula is C13H22N2O4. The van der Waals surface area contributed by atoms with Crippen LogP contribution in [0.25, 0.3) is 0 Å². The van der Waals surface area contributed by atoms with Crippen molar-refractivity contribution < 1.29 is 19.5 Å². The first kappa shape index (κ1) is 15.5. The number of carbonyl (C=O) groups excluding carboxylic acids is 2. The molecule has 1 fully saturated rings. The number of nitrogens with zero attached hydrogens (tertiary/aromatic N) is 1. The molecule has 0 aromatic rings. The highest BCUT2D eigenvalue weighted by molar-refractivity contribution is 5.96. The van der Waals surface area contributed by atoms with Crippen LogP contribution in [0.15, 0.2) is 0 Å². The van der Waals surface area contributed by atoms with Gasteiger partial charge in [0.1, 0.15) is 0 Å². The normalized spacial score (nSPS) is 19.9. The van der Waals surface area contributed by atoms with E-state index in [9.17, 15) is 14.4 Å². The Morgan fingerprint density at radius 2 is 1.95 bits per heavy atom. The minimum Gasteiger partial charge on any atom is -0.481 e. The van der Waals surface area contributed by atoms with Gasteiger partial charge in [-0.05, 0) is 40.0 Å². The molecule has 108 valence electrons. The molecule has 3 amide bonds. The van der Waals surface area contributed by atoms with Gasteiger partial charge in [-0.2, -0.15) is 0 Å². The molecule has 1 unspecified atom stereocenters. The number of amides is 3. The second-order valence-corrected chi connectivity index (χ2v) is 5.76. The Kier molecular flexibility index (Phi) is 4.91. The zero-order valence-corrected chi connectivity index (χ0v) is 11.7. The minimum atomic E-state index is -1.17. The Hall–Kier alpha value is -1.59. The van der Waals surface area contributed by atoms with E-state index in [1.807, 2.05) is 6.92 Å². The van der Waals surface area contributed by atoms with Gasteiger partial charge in [0, 0.05) is 19.0 Å². The molecule has 0 saturated carbocycles. The Morgan fingerprint density at radius 3 is 2.47 bits per heavy atom. The van der Waals surface area contributed by atoms with E-state index in [0.29, 0.717) is 6.54 Å².